The molecule has 0 atom stereocenters. The minimum Gasteiger partial charge on any atom is -0.477 e. The summed E-state index contributed by atoms with van der Waals surface area (Å²) in [7, 11) is 1.74. The van der Waals surface area contributed by atoms with Gasteiger partial charge in [-0.15, -0.1) is 0 Å². The zero-order valence-corrected chi connectivity index (χ0v) is 17.2. The van der Waals surface area contributed by atoms with Gasteiger partial charge < -0.3 is 14.4 Å². The Kier molecular flexibility index (Phi) is 6.03. The van der Waals surface area contributed by atoms with Crippen LogP contribution in [0.4, 0.5) is 17.6 Å². The quantitative estimate of drug-likeness (QED) is 0.485. The molecule has 0 N–H and O–H groups in total. The second-order valence-electron chi connectivity index (χ2n) is 7.31. The number of hydrogen-bond acceptors (Lipinski definition) is 4. The molecule has 0 unspecified atom stereocenters. The molecular weight excluding hydrogens is 424 g/mol. The van der Waals surface area contributed by atoms with Gasteiger partial charge in [0, 0.05) is 19.0 Å². The van der Waals surface area contributed by atoms with E-state index in [1.54, 1.807) is 30.2 Å². The molecular formula is C24H20F4N2O2. The van der Waals surface area contributed by atoms with E-state index < -0.39 is 11.7 Å². The molecule has 1 heterocycles. The number of fused-ring (bicyclic) bond motifs is 1. The molecule has 4 nitrogen and oxygen atoms in total. The molecule has 0 spiro atoms. The van der Waals surface area contributed by atoms with Gasteiger partial charge in [-0.25, -0.2) is 9.38 Å². The molecule has 1 aliphatic heterocycles. The molecule has 8 heteroatoms. The third-order valence-electron chi connectivity index (χ3n) is 5.03. The smallest absolute Gasteiger partial charge is 0.416 e. The van der Waals surface area contributed by atoms with E-state index >= 15 is 0 Å². The van der Waals surface area contributed by atoms with Gasteiger partial charge in [0.05, 0.1) is 24.2 Å². The number of hydrogen-bond donors (Lipinski definition) is 0. The normalized spacial score (nSPS) is 15.8. The van der Waals surface area contributed by atoms with Gasteiger partial charge >= 0.3 is 6.18 Å². The molecule has 1 aliphatic carbocycles. The van der Waals surface area contributed by atoms with Gasteiger partial charge in [-0.2, -0.15) is 13.2 Å². The Morgan fingerprint density at radius 1 is 1.00 bits per heavy atom. The van der Waals surface area contributed by atoms with Gasteiger partial charge in [0.15, 0.2) is 0 Å². The van der Waals surface area contributed by atoms with Crippen molar-refractivity contribution in [2.45, 2.75) is 19.0 Å². The van der Waals surface area contributed by atoms with Crippen molar-refractivity contribution in [1.82, 2.24) is 4.90 Å². The van der Waals surface area contributed by atoms with Crippen LogP contribution in [0.1, 0.15) is 17.5 Å². The van der Waals surface area contributed by atoms with Crippen LogP contribution in [0.5, 0.6) is 11.5 Å². The van der Waals surface area contributed by atoms with E-state index in [0.717, 1.165) is 23.3 Å². The molecule has 0 radical (unpaired) electrons. The summed E-state index contributed by atoms with van der Waals surface area (Å²) in [5.74, 6) is 0.934. The fourth-order valence-electron chi connectivity index (χ4n) is 3.41. The molecule has 32 heavy (non-hydrogen) atoms. The van der Waals surface area contributed by atoms with Crippen molar-refractivity contribution in [3.63, 3.8) is 0 Å². The van der Waals surface area contributed by atoms with Gasteiger partial charge in [0.25, 0.3) is 0 Å². The molecule has 0 saturated carbocycles. The van der Waals surface area contributed by atoms with Crippen molar-refractivity contribution >= 4 is 6.34 Å². The molecule has 2 aromatic carbocycles. The molecule has 0 amide bonds. The number of ether oxygens (including phenoxy) is 2. The first kappa shape index (κ1) is 21.7. The van der Waals surface area contributed by atoms with Gasteiger partial charge in [-0.1, -0.05) is 18.2 Å². The van der Waals surface area contributed by atoms with E-state index in [1.165, 1.54) is 24.5 Å². The number of halogens is 4. The van der Waals surface area contributed by atoms with Crippen molar-refractivity contribution in [1.29, 1.82) is 0 Å². The van der Waals surface area contributed by atoms with E-state index in [1.807, 2.05) is 12.1 Å². The SMILES string of the molecule is CN1C=NC(OCCc2ccc(Oc3ccc(C(F)(F)F)cc3)cc2)=C2CC=CC(F)=C21. The third-order valence-corrected chi connectivity index (χ3v) is 5.03. The van der Waals surface area contributed by atoms with Crippen LogP contribution in [0.2, 0.25) is 0 Å². The summed E-state index contributed by atoms with van der Waals surface area (Å²) in [6, 6.07) is 11.7. The fraction of sp³-hybridized carbons (Fsp3) is 0.208. The Hall–Kier alpha value is -3.55. The average Bonchev–Trinajstić information content (AvgIpc) is 2.76. The highest BCUT2D eigenvalue weighted by Gasteiger charge is 2.30. The summed E-state index contributed by atoms with van der Waals surface area (Å²) in [5, 5.41) is 0. The molecule has 4 rings (SSSR count). The zero-order chi connectivity index (χ0) is 22.7. The van der Waals surface area contributed by atoms with Crippen LogP contribution in [-0.4, -0.2) is 24.9 Å². The van der Waals surface area contributed by atoms with Crippen LogP contribution in [0.3, 0.4) is 0 Å². The van der Waals surface area contributed by atoms with Crippen molar-refractivity contribution in [2.75, 3.05) is 13.7 Å². The second-order valence-corrected chi connectivity index (χ2v) is 7.31. The Morgan fingerprint density at radius 2 is 1.66 bits per heavy atom. The molecule has 0 fully saturated rings. The van der Waals surface area contributed by atoms with E-state index in [-0.39, 0.29) is 5.83 Å². The van der Waals surface area contributed by atoms with Crippen LogP contribution >= 0.6 is 0 Å². The van der Waals surface area contributed by atoms with Crippen molar-refractivity contribution < 1.29 is 27.0 Å². The Bertz CT molecular complexity index is 1100. The number of likely N-dealkylation sites (N-methyl/N-ethyl adjacent to an activating group) is 1. The largest absolute Gasteiger partial charge is 0.477 e. The zero-order valence-electron chi connectivity index (χ0n) is 17.2. The van der Waals surface area contributed by atoms with Crippen LogP contribution in [0.15, 0.2) is 88.7 Å². The van der Waals surface area contributed by atoms with Gasteiger partial charge in [0.1, 0.15) is 17.3 Å². The lowest BCUT2D eigenvalue weighted by atomic mass is 10.0. The van der Waals surface area contributed by atoms with Crippen molar-refractivity contribution in [3.8, 4) is 11.5 Å². The number of allylic oxidation sites excluding steroid dienone is 4. The molecule has 0 saturated heterocycles. The summed E-state index contributed by atoms with van der Waals surface area (Å²) >= 11 is 0. The molecule has 166 valence electrons. The highest BCUT2D eigenvalue weighted by molar-refractivity contribution is 5.66. The van der Waals surface area contributed by atoms with Gasteiger partial charge in [-0.05, 0) is 54.5 Å². The maximum atomic E-state index is 14.1. The van der Waals surface area contributed by atoms with E-state index in [9.17, 15) is 17.6 Å². The maximum absolute atomic E-state index is 14.1. The highest BCUT2D eigenvalue weighted by Crippen LogP contribution is 2.33. The fourth-order valence-corrected chi connectivity index (χ4v) is 3.41. The lowest BCUT2D eigenvalue weighted by Gasteiger charge is -2.27. The third kappa shape index (κ3) is 4.85. The van der Waals surface area contributed by atoms with E-state index in [2.05, 4.69) is 4.99 Å². The number of aliphatic imine (C=N–C) groups is 1. The first-order chi connectivity index (χ1) is 15.3. The lowest BCUT2D eigenvalue weighted by molar-refractivity contribution is -0.137. The van der Waals surface area contributed by atoms with Crippen molar-refractivity contribution in [3.05, 3.63) is 94.8 Å². The Morgan fingerprint density at radius 3 is 2.31 bits per heavy atom. The maximum Gasteiger partial charge on any atom is 0.416 e. The Labute approximate surface area is 182 Å². The topological polar surface area (TPSA) is 34.1 Å². The van der Waals surface area contributed by atoms with Crippen molar-refractivity contribution in [2.24, 2.45) is 4.99 Å². The lowest BCUT2D eigenvalue weighted by Crippen LogP contribution is -2.24. The van der Waals surface area contributed by atoms with Crippen LogP contribution < -0.4 is 4.74 Å². The number of rotatable bonds is 6. The van der Waals surface area contributed by atoms with Crippen LogP contribution in [0, 0.1) is 0 Å². The molecule has 2 aliphatic rings. The Balaban J connectivity index is 1.33. The number of nitrogens with zero attached hydrogens (tertiary/aromatic N) is 2. The van der Waals surface area contributed by atoms with E-state index in [4.69, 9.17) is 9.47 Å². The predicted molar refractivity (Wildman–Crippen MR) is 113 cm³/mol. The highest BCUT2D eigenvalue weighted by atomic mass is 19.4. The average molecular weight is 444 g/mol. The molecule has 0 aromatic heterocycles. The van der Waals surface area contributed by atoms with Gasteiger partial charge in [-0.3, -0.25) is 0 Å². The number of alkyl halides is 3. The van der Waals surface area contributed by atoms with Crippen LogP contribution in [0.25, 0.3) is 0 Å². The summed E-state index contributed by atoms with van der Waals surface area (Å²) in [5.41, 5.74) is 1.45. The molecule has 2 aromatic rings. The second kappa shape index (κ2) is 8.90. The minimum absolute atomic E-state index is 0.315. The summed E-state index contributed by atoms with van der Waals surface area (Å²) in [4.78, 5) is 5.91. The standard InChI is InChI=1S/C24H20F4N2O2/c1-30-15-29-23(20-3-2-4-21(25)22(20)30)31-14-13-16-5-9-18(10-6-16)32-19-11-7-17(8-12-19)24(26,27)28/h2,4-12,15H,3,13-14H2,1H3. The monoisotopic (exact) mass is 444 g/mol. The molecule has 0 bridgehead atoms. The van der Waals surface area contributed by atoms with Crippen LogP contribution in [-0.2, 0) is 17.3 Å². The minimum atomic E-state index is -4.38. The van der Waals surface area contributed by atoms with Gasteiger partial charge in [0.2, 0.25) is 5.88 Å². The summed E-state index contributed by atoms with van der Waals surface area (Å²) < 4.78 is 63.5. The summed E-state index contributed by atoms with van der Waals surface area (Å²) in [6.45, 7) is 0.359. The summed E-state index contributed by atoms with van der Waals surface area (Å²) in [6.07, 6.45) is 1.48. The van der Waals surface area contributed by atoms with E-state index in [0.29, 0.717) is 42.5 Å². The predicted octanol–water partition coefficient (Wildman–Crippen LogP) is 6.38. The first-order valence-corrected chi connectivity index (χ1v) is 9.95. The number of benzene rings is 2. The first-order valence-electron chi connectivity index (χ1n) is 9.95.